The second kappa shape index (κ2) is 8.41. The molecular formula is C27H32N2O3S. The van der Waals surface area contributed by atoms with Crippen molar-refractivity contribution in [1.29, 1.82) is 0 Å². The number of amides is 2. The minimum atomic E-state index is -0.533. The lowest BCUT2D eigenvalue weighted by atomic mass is 9.78. The Kier molecular flexibility index (Phi) is 6.28. The Balaban J connectivity index is 2.19. The van der Waals surface area contributed by atoms with Crippen molar-refractivity contribution in [3.05, 3.63) is 63.7 Å². The van der Waals surface area contributed by atoms with Crippen LogP contribution in [0.1, 0.15) is 69.4 Å². The molecule has 0 radical (unpaired) electrons. The fraction of sp³-hybridized carbons (Fsp3) is 0.370. The number of carbonyl (C=O) groups is 2. The van der Waals surface area contributed by atoms with Crippen LogP contribution in [0.25, 0.3) is 6.08 Å². The van der Waals surface area contributed by atoms with Gasteiger partial charge in [-0.25, -0.2) is 0 Å². The lowest BCUT2D eigenvalue weighted by Crippen LogP contribution is -2.54. The van der Waals surface area contributed by atoms with Gasteiger partial charge in [-0.15, -0.1) is 0 Å². The van der Waals surface area contributed by atoms with Crippen molar-refractivity contribution in [3.63, 3.8) is 0 Å². The van der Waals surface area contributed by atoms with Gasteiger partial charge in [-0.05, 0) is 77.9 Å². The van der Waals surface area contributed by atoms with Gasteiger partial charge in [0.1, 0.15) is 11.3 Å². The number of aromatic hydroxyl groups is 1. The highest BCUT2D eigenvalue weighted by molar-refractivity contribution is 7.80. The van der Waals surface area contributed by atoms with E-state index >= 15 is 0 Å². The highest BCUT2D eigenvalue weighted by Gasteiger charge is 2.35. The van der Waals surface area contributed by atoms with Gasteiger partial charge in [-0.2, -0.15) is 0 Å². The molecule has 1 saturated heterocycles. The van der Waals surface area contributed by atoms with Crippen molar-refractivity contribution in [2.24, 2.45) is 0 Å². The second-order valence-electron chi connectivity index (χ2n) is 10.6. The Morgan fingerprint density at radius 3 is 2.03 bits per heavy atom. The summed E-state index contributed by atoms with van der Waals surface area (Å²) in [5.74, 6) is -0.760. The first-order valence-corrected chi connectivity index (χ1v) is 11.4. The smallest absolute Gasteiger partial charge is 0.270 e. The number of thiocarbonyl (C=S) groups is 1. The molecule has 0 atom stereocenters. The van der Waals surface area contributed by atoms with Crippen LogP contribution < -0.4 is 10.2 Å². The van der Waals surface area contributed by atoms with Crippen LogP contribution in [0.5, 0.6) is 5.75 Å². The number of phenolic OH excluding ortho intramolecular Hbond substituents is 1. The Morgan fingerprint density at radius 2 is 1.52 bits per heavy atom. The summed E-state index contributed by atoms with van der Waals surface area (Å²) in [7, 11) is 0. The molecule has 2 aromatic carbocycles. The summed E-state index contributed by atoms with van der Waals surface area (Å²) in [6, 6.07) is 9.32. The molecule has 6 heteroatoms. The van der Waals surface area contributed by atoms with E-state index < -0.39 is 11.8 Å². The zero-order valence-electron chi connectivity index (χ0n) is 20.6. The molecule has 1 heterocycles. The molecule has 0 unspecified atom stereocenters. The molecule has 0 saturated carbocycles. The SMILES string of the molecule is Cc1cccc(N2C(=O)C(=Cc3cc(C(C)(C)C)c(O)c(C(C)(C)C)c3)C(=O)NC2=S)c1C. The first-order valence-electron chi connectivity index (χ1n) is 11.0. The van der Waals surface area contributed by atoms with Crippen molar-refractivity contribution in [1.82, 2.24) is 5.32 Å². The third kappa shape index (κ3) is 4.71. The zero-order chi connectivity index (χ0) is 24.9. The van der Waals surface area contributed by atoms with Crippen LogP contribution in [-0.2, 0) is 20.4 Å². The van der Waals surface area contributed by atoms with Crippen LogP contribution >= 0.6 is 12.2 Å². The Bertz CT molecular complexity index is 1160. The summed E-state index contributed by atoms with van der Waals surface area (Å²) in [6.07, 6.45) is 1.58. The molecule has 1 fully saturated rings. The van der Waals surface area contributed by atoms with E-state index in [1.807, 2.05) is 85.7 Å². The van der Waals surface area contributed by atoms with E-state index in [-0.39, 0.29) is 27.3 Å². The molecule has 174 valence electrons. The number of hydrogen-bond acceptors (Lipinski definition) is 4. The van der Waals surface area contributed by atoms with Gasteiger partial charge >= 0.3 is 0 Å². The highest BCUT2D eigenvalue weighted by atomic mass is 32.1. The molecule has 0 aliphatic carbocycles. The van der Waals surface area contributed by atoms with Crippen molar-refractivity contribution in [2.45, 2.75) is 66.2 Å². The van der Waals surface area contributed by atoms with E-state index in [1.54, 1.807) is 6.08 Å². The van der Waals surface area contributed by atoms with Gasteiger partial charge in [-0.3, -0.25) is 19.8 Å². The molecule has 2 N–H and O–H groups in total. The number of nitrogens with one attached hydrogen (secondary N) is 1. The molecule has 0 aromatic heterocycles. The van der Waals surface area contributed by atoms with E-state index in [4.69, 9.17) is 12.2 Å². The van der Waals surface area contributed by atoms with Crippen LogP contribution in [-0.4, -0.2) is 22.0 Å². The predicted octanol–water partition coefficient (Wildman–Crippen LogP) is 5.44. The summed E-state index contributed by atoms with van der Waals surface area (Å²) >= 11 is 5.35. The highest BCUT2D eigenvalue weighted by Crippen LogP contribution is 2.40. The lowest BCUT2D eigenvalue weighted by molar-refractivity contribution is -0.122. The van der Waals surface area contributed by atoms with Gasteiger partial charge in [-0.1, -0.05) is 53.7 Å². The summed E-state index contributed by atoms with van der Waals surface area (Å²) in [5, 5.41) is 13.7. The monoisotopic (exact) mass is 464 g/mol. The first kappa shape index (κ1) is 24.6. The maximum absolute atomic E-state index is 13.5. The van der Waals surface area contributed by atoms with E-state index in [0.29, 0.717) is 11.3 Å². The van der Waals surface area contributed by atoms with Gasteiger partial charge < -0.3 is 5.11 Å². The minimum Gasteiger partial charge on any atom is -0.507 e. The Morgan fingerprint density at radius 1 is 0.970 bits per heavy atom. The normalized spacial score (nSPS) is 16.4. The first-order chi connectivity index (χ1) is 15.1. The Hall–Kier alpha value is -2.99. The number of benzene rings is 2. The van der Waals surface area contributed by atoms with Crippen LogP contribution in [0.2, 0.25) is 0 Å². The third-order valence-electron chi connectivity index (χ3n) is 5.98. The van der Waals surface area contributed by atoms with E-state index in [1.165, 1.54) is 4.90 Å². The summed E-state index contributed by atoms with van der Waals surface area (Å²) < 4.78 is 0. The van der Waals surface area contributed by atoms with Crippen molar-refractivity contribution in [3.8, 4) is 5.75 Å². The van der Waals surface area contributed by atoms with E-state index in [0.717, 1.165) is 22.3 Å². The van der Waals surface area contributed by atoms with Gasteiger partial charge in [0, 0.05) is 11.1 Å². The van der Waals surface area contributed by atoms with Gasteiger partial charge in [0.05, 0.1) is 5.69 Å². The standard InChI is InChI=1S/C27H32N2O3S/c1-15-10-9-11-21(16(15)2)29-24(32)18(23(31)28-25(29)33)12-17-13-19(26(3,4)5)22(30)20(14-17)27(6,7)8/h9-14,30H,1-8H3,(H,28,31,33). The molecule has 3 rings (SSSR count). The molecular weight excluding hydrogens is 432 g/mol. The van der Waals surface area contributed by atoms with Crippen molar-refractivity contribution < 1.29 is 14.7 Å². The summed E-state index contributed by atoms with van der Waals surface area (Å²) in [4.78, 5) is 27.7. The quantitative estimate of drug-likeness (QED) is 0.353. The molecule has 1 aliphatic heterocycles. The topological polar surface area (TPSA) is 69.6 Å². The van der Waals surface area contributed by atoms with Crippen LogP contribution in [0.15, 0.2) is 35.9 Å². The number of anilines is 1. The fourth-order valence-corrected chi connectivity index (χ4v) is 4.18. The van der Waals surface area contributed by atoms with Crippen LogP contribution in [0.3, 0.4) is 0 Å². The second-order valence-corrected chi connectivity index (χ2v) is 11.0. The number of nitrogens with zero attached hydrogens (tertiary/aromatic N) is 1. The maximum atomic E-state index is 13.5. The molecule has 0 bridgehead atoms. The number of rotatable bonds is 2. The Labute approximate surface area is 201 Å². The van der Waals surface area contributed by atoms with E-state index in [2.05, 4.69) is 5.32 Å². The molecule has 1 aliphatic rings. The molecule has 2 aromatic rings. The third-order valence-corrected chi connectivity index (χ3v) is 6.26. The fourth-order valence-electron chi connectivity index (χ4n) is 3.90. The molecule has 2 amide bonds. The van der Waals surface area contributed by atoms with Gasteiger partial charge in [0.2, 0.25) is 0 Å². The predicted molar refractivity (Wildman–Crippen MR) is 138 cm³/mol. The number of carbonyl (C=O) groups excluding carboxylic acids is 2. The largest absolute Gasteiger partial charge is 0.507 e. The average Bonchev–Trinajstić information content (AvgIpc) is 2.67. The molecule has 5 nitrogen and oxygen atoms in total. The maximum Gasteiger partial charge on any atom is 0.270 e. The number of hydrogen-bond donors (Lipinski definition) is 2. The summed E-state index contributed by atoms with van der Waals surface area (Å²) in [5.41, 5.74) is 4.11. The van der Waals surface area contributed by atoms with Crippen LogP contribution in [0.4, 0.5) is 5.69 Å². The van der Waals surface area contributed by atoms with E-state index in [9.17, 15) is 14.7 Å². The van der Waals surface area contributed by atoms with Crippen molar-refractivity contribution in [2.75, 3.05) is 4.90 Å². The minimum absolute atomic E-state index is 0.00471. The number of phenols is 1. The van der Waals surface area contributed by atoms with Crippen molar-refractivity contribution >= 4 is 40.9 Å². The molecule has 0 spiro atoms. The lowest BCUT2D eigenvalue weighted by Gasteiger charge is -2.31. The zero-order valence-corrected chi connectivity index (χ0v) is 21.4. The van der Waals surface area contributed by atoms with Gasteiger partial charge in [0.15, 0.2) is 5.11 Å². The average molecular weight is 465 g/mol. The summed E-state index contributed by atoms with van der Waals surface area (Å²) in [6.45, 7) is 16.0. The van der Waals surface area contributed by atoms with Crippen LogP contribution in [0, 0.1) is 13.8 Å². The van der Waals surface area contributed by atoms with Gasteiger partial charge in [0.25, 0.3) is 11.8 Å². The molecule has 33 heavy (non-hydrogen) atoms. The number of aryl methyl sites for hydroxylation is 1.